The number of amides is 1. The van der Waals surface area contributed by atoms with Crippen molar-refractivity contribution in [2.45, 2.75) is 12.8 Å². The van der Waals surface area contributed by atoms with Gasteiger partial charge in [0.25, 0.3) is 5.91 Å². The average Bonchev–Trinajstić information content (AvgIpc) is 2.73. The molecule has 1 amide bonds. The van der Waals surface area contributed by atoms with Crippen molar-refractivity contribution in [1.82, 2.24) is 9.97 Å². The summed E-state index contributed by atoms with van der Waals surface area (Å²) in [7, 11) is 0. The number of aryl methyl sites for hydroxylation is 1. The monoisotopic (exact) mass is 384 g/mol. The lowest BCUT2D eigenvalue weighted by molar-refractivity contribution is 0.0980. The van der Waals surface area contributed by atoms with E-state index in [0.29, 0.717) is 6.54 Å². The molecule has 0 fully saturated rings. The Morgan fingerprint density at radius 2 is 1.86 bits per heavy atom. The number of carbonyl (C=O) groups excluding carboxylic acids is 1. The third-order valence-corrected chi connectivity index (χ3v) is 4.51. The van der Waals surface area contributed by atoms with Gasteiger partial charge in [0.05, 0.1) is 5.69 Å². The molecule has 0 saturated carbocycles. The summed E-state index contributed by atoms with van der Waals surface area (Å²) in [6.07, 6.45) is 3.07. The molecule has 1 N–H and O–H groups in total. The van der Waals surface area contributed by atoms with Gasteiger partial charge in [-0.1, -0.05) is 18.2 Å². The fourth-order valence-electron chi connectivity index (χ4n) is 3.16. The third-order valence-electron chi connectivity index (χ3n) is 4.51. The van der Waals surface area contributed by atoms with Crippen molar-refractivity contribution in [2.24, 2.45) is 0 Å². The number of aromatic nitrogens is 2. The molecule has 1 aliphatic rings. The normalized spacial score (nSPS) is 13.2. The van der Waals surface area contributed by atoms with E-state index in [4.69, 9.17) is 0 Å². The number of hydrogen-bond acceptors (Lipinski definition) is 4. The van der Waals surface area contributed by atoms with E-state index in [2.05, 4.69) is 15.3 Å². The first-order valence-electron chi connectivity index (χ1n) is 8.68. The minimum absolute atomic E-state index is 0.0962. The molecule has 4 rings (SSSR count). The average molecular weight is 384 g/mol. The van der Waals surface area contributed by atoms with E-state index < -0.39 is 17.5 Å². The summed E-state index contributed by atoms with van der Waals surface area (Å²) in [5, 5.41) is 2.48. The number of nitrogens with one attached hydrogen (secondary N) is 1. The Balaban J connectivity index is 1.61. The lowest BCUT2D eigenvalue weighted by Crippen LogP contribution is -2.36. The van der Waals surface area contributed by atoms with Crippen molar-refractivity contribution < 1.29 is 18.0 Å². The molecule has 3 aromatic rings. The van der Waals surface area contributed by atoms with Gasteiger partial charge in [0, 0.05) is 18.4 Å². The molecule has 0 unspecified atom stereocenters. The summed E-state index contributed by atoms with van der Waals surface area (Å²) >= 11 is 0. The number of nitrogens with zero attached hydrogens (tertiary/aromatic N) is 3. The number of anilines is 3. The van der Waals surface area contributed by atoms with Crippen molar-refractivity contribution in [1.29, 1.82) is 0 Å². The molecule has 0 bridgehead atoms. The second-order valence-corrected chi connectivity index (χ2v) is 6.30. The van der Waals surface area contributed by atoms with Crippen LogP contribution in [-0.2, 0) is 6.42 Å². The molecule has 28 heavy (non-hydrogen) atoms. The highest BCUT2D eigenvalue weighted by Gasteiger charge is 2.24. The van der Waals surface area contributed by atoms with Crippen molar-refractivity contribution in [2.75, 3.05) is 16.8 Å². The van der Waals surface area contributed by atoms with Crippen LogP contribution in [0.15, 0.2) is 48.7 Å². The van der Waals surface area contributed by atoms with Crippen LogP contribution in [0.3, 0.4) is 0 Å². The Morgan fingerprint density at radius 3 is 2.71 bits per heavy atom. The van der Waals surface area contributed by atoms with Gasteiger partial charge in [-0.05, 0) is 42.7 Å². The zero-order chi connectivity index (χ0) is 19.7. The molecular weight excluding hydrogens is 369 g/mol. The maximum absolute atomic E-state index is 13.9. The first-order valence-corrected chi connectivity index (χ1v) is 8.68. The first kappa shape index (κ1) is 18.0. The van der Waals surface area contributed by atoms with Gasteiger partial charge in [-0.15, -0.1) is 0 Å². The Hall–Kier alpha value is -3.42. The van der Waals surface area contributed by atoms with Gasteiger partial charge < -0.3 is 10.2 Å². The summed E-state index contributed by atoms with van der Waals surface area (Å²) in [4.78, 5) is 22.6. The van der Waals surface area contributed by atoms with Gasteiger partial charge in [-0.3, -0.25) is 4.79 Å². The van der Waals surface area contributed by atoms with Crippen LogP contribution >= 0.6 is 0 Å². The first-order chi connectivity index (χ1) is 13.5. The van der Waals surface area contributed by atoms with Gasteiger partial charge in [0.1, 0.15) is 5.69 Å². The number of rotatable bonds is 3. The summed E-state index contributed by atoms with van der Waals surface area (Å²) in [6.45, 7) is 0.556. The number of fused-ring (bicyclic) bond motifs is 1. The molecular formula is C20H15F3N4O. The van der Waals surface area contributed by atoms with Crippen molar-refractivity contribution in [3.63, 3.8) is 0 Å². The number of carbonyl (C=O) groups is 1. The molecule has 0 radical (unpaired) electrons. The van der Waals surface area contributed by atoms with Gasteiger partial charge >= 0.3 is 0 Å². The van der Waals surface area contributed by atoms with E-state index in [9.17, 15) is 18.0 Å². The molecule has 8 heteroatoms. The maximum atomic E-state index is 13.9. The quantitative estimate of drug-likeness (QED) is 0.687. The van der Waals surface area contributed by atoms with E-state index >= 15 is 0 Å². The summed E-state index contributed by atoms with van der Waals surface area (Å²) in [6, 6.07) is 10.9. The number of halogens is 3. The predicted molar refractivity (Wildman–Crippen MR) is 98.1 cm³/mol. The molecule has 1 aromatic heterocycles. The summed E-state index contributed by atoms with van der Waals surface area (Å²) < 4.78 is 40.3. The Bertz CT molecular complexity index is 1060. The van der Waals surface area contributed by atoms with Crippen molar-refractivity contribution in [3.05, 3.63) is 77.4 Å². The topological polar surface area (TPSA) is 58.1 Å². The molecule has 0 aliphatic carbocycles. The fraction of sp³-hybridized carbons (Fsp3) is 0.150. The van der Waals surface area contributed by atoms with Crippen LogP contribution in [0.25, 0.3) is 0 Å². The zero-order valence-electron chi connectivity index (χ0n) is 14.6. The number of hydrogen-bond donors (Lipinski definition) is 1. The molecule has 142 valence electrons. The van der Waals surface area contributed by atoms with E-state index in [1.54, 1.807) is 4.90 Å². The minimum Gasteiger partial charge on any atom is -0.322 e. The van der Waals surface area contributed by atoms with Gasteiger partial charge in [0.15, 0.2) is 17.5 Å². The molecule has 0 spiro atoms. The van der Waals surface area contributed by atoms with Crippen LogP contribution in [0.1, 0.15) is 22.5 Å². The van der Waals surface area contributed by atoms with Crippen molar-refractivity contribution >= 4 is 23.2 Å². The molecule has 0 atom stereocenters. The standard InChI is InChI=1S/C20H15F3N4O/c21-13-7-8-14(18(23)17(13)22)25-20-24-10-9-15(26-20)19(28)27-11-3-5-12-4-1-2-6-16(12)27/h1-2,4,6-10H,3,5,11H2,(H,24,25,26). The smallest absolute Gasteiger partial charge is 0.277 e. The van der Waals surface area contributed by atoms with Crippen LogP contribution in [0, 0.1) is 17.5 Å². The lowest BCUT2D eigenvalue weighted by atomic mass is 10.0. The second-order valence-electron chi connectivity index (χ2n) is 6.30. The van der Waals surface area contributed by atoms with E-state index in [0.717, 1.165) is 36.2 Å². The highest BCUT2D eigenvalue weighted by Crippen LogP contribution is 2.28. The van der Waals surface area contributed by atoms with Crippen LogP contribution < -0.4 is 10.2 Å². The van der Waals surface area contributed by atoms with Crippen LogP contribution in [0.5, 0.6) is 0 Å². The molecule has 1 aliphatic heterocycles. The summed E-state index contributed by atoms with van der Waals surface area (Å²) in [5.41, 5.74) is 1.70. The minimum atomic E-state index is -1.60. The van der Waals surface area contributed by atoms with E-state index in [1.165, 1.54) is 12.3 Å². The van der Waals surface area contributed by atoms with E-state index in [-0.39, 0.29) is 23.2 Å². The third kappa shape index (κ3) is 3.28. The largest absolute Gasteiger partial charge is 0.322 e. The van der Waals surface area contributed by atoms with Crippen molar-refractivity contribution in [3.8, 4) is 0 Å². The number of benzene rings is 2. The lowest BCUT2D eigenvalue weighted by Gasteiger charge is -2.29. The van der Waals surface area contributed by atoms with Crippen LogP contribution in [-0.4, -0.2) is 22.4 Å². The Labute approximate surface area is 158 Å². The van der Waals surface area contributed by atoms with Gasteiger partial charge in [0.2, 0.25) is 5.95 Å². The Morgan fingerprint density at radius 1 is 1.04 bits per heavy atom. The highest BCUT2D eigenvalue weighted by molar-refractivity contribution is 6.05. The maximum Gasteiger partial charge on any atom is 0.277 e. The second kappa shape index (κ2) is 7.30. The van der Waals surface area contributed by atoms with Crippen LogP contribution in [0.4, 0.5) is 30.5 Å². The molecule has 2 aromatic carbocycles. The highest BCUT2D eigenvalue weighted by atomic mass is 19.2. The van der Waals surface area contributed by atoms with Gasteiger partial charge in [-0.2, -0.15) is 0 Å². The molecule has 5 nitrogen and oxygen atoms in total. The fourth-order valence-corrected chi connectivity index (χ4v) is 3.16. The zero-order valence-corrected chi connectivity index (χ0v) is 14.6. The SMILES string of the molecule is O=C(c1ccnc(Nc2ccc(F)c(F)c2F)n1)N1CCCc2ccccc21. The van der Waals surface area contributed by atoms with E-state index in [1.807, 2.05) is 24.3 Å². The molecule has 0 saturated heterocycles. The summed E-state index contributed by atoms with van der Waals surface area (Å²) in [5.74, 6) is -4.69. The molecule has 2 heterocycles. The Kier molecular flexibility index (Phi) is 4.68. The predicted octanol–water partition coefficient (Wildman–Crippen LogP) is 4.23. The van der Waals surface area contributed by atoms with Gasteiger partial charge in [-0.25, -0.2) is 23.1 Å². The van der Waals surface area contributed by atoms with Crippen LogP contribution in [0.2, 0.25) is 0 Å². The number of para-hydroxylation sites is 1.